The summed E-state index contributed by atoms with van der Waals surface area (Å²) < 4.78 is 1.65. The van der Waals surface area contributed by atoms with Crippen LogP contribution >= 0.6 is 0 Å². The van der Waals surface area contributed by atoms with Crippen molar-refractivity contribution in [2.45, 2.75) is 19.0 Å². The third-order valence-electron chi connectivity index (χ3n) is 3.82. The van der Waals surface area contributed by atoms with Crippen LogP contribution in [-0.4, -0.2) is 44.1 Å². The summed E-state index contributed by atoms with van der Waals surface area (Å²) in [5.74, 6) is -1.04. The molecule has 1 atom stereocenters. The molecule has 1 N–H and O–H groups in total. The molecule has 104 valence electrons. The lowest BCUT2D eigenvalue weighted by molar-refractivity contribution is 0.0585. The van der Waals surface area contributed by atoms with Gasteiger partial charge in [0.05, 0.1) is 12.2 Å². The number of hydrogen-bond donors (Lipinski definition) is 1. The fourth-order valence-electron chi connectivity index (χ4n) is 2.47. The number of nitrogens with zero attached hydrogens (tertiary/aromatic N) is 4. The van der Waals surface area contributed by atoms with E-state index in [1.54, 1.807) is 4.68 Å². The fourth-order valence-corrected chi connectivity index (χ4v) is 2.47. The predicted octanol–water partition coefficient (Wildman–Crippen LogP) is 1.59. The van der Waals surface area contributed by atoms with Gasteiger partial charge in [-0.05, 0) is 12.5 Å². The van der Waals surface area contributed by atoms with Crippen LogP contribution in [0.4, 0.5) is 0 Å². The molecular weight excluding hydrogens is 256 g/mol. The van der Waals surface area contributed by atoms with E-state index in [1.165, 1.54) is 11.8 Å². The minimum atomic E-state index is -1.04. The first-order valence-electron chi connectivity index (χ1n) is 6.59. The molecule has 2 heterocycles. The molecule has 1 saturated heterocycles. The second-order valence-corrected chi connectivity index (χ2v) is 5.08. The molecule has 1 aliphatic heterocycles. The Balaban J connectivity index is 1.62. The fraction of sp³-hybridized carbons (Fsp3) is 0.357. The number of likely N-dealkylation sites (tertiary alicyclic amines) is 1. The van der Waals surface area contributed by atoms with E-state index in [4.69, 9.17) is 5.11 Å². The number of rotatable bonds is 4. The van der Waals surface area contributed by atoms with Gasteiger partial charge < -0.3 is 5.11 Å². The van der Waals surface area contributed by atoms with E-state index < -0.39 is 5.97 Å². The van der Waals surface area contributed by atoms with Crippen LogP contribution in [0.3, 0.4) is 0 Å². The maximum absolute atomic E-state index is 10.8. The molecule has 0 radical (unpaired) electrons. The minimum absolute atomic E-state index is 0.000409. The van der Waals surface area contributed by atoms with Gasteiger partial charge in [0.15, 0.2) is 5.69 Å². The summed E-state index contributed by atoms with van der Waals surface area (Å²) in [6.07, 6.45) is 1.50. The van der Waals surface area contributed by atoms with Crippen molar-refractivity contribution < 1.29 is 9.90 Å². The first-order valence-corrected chi connectivity index (χ1v) is 6.59. The average molecular weight is 272 g/mol. The molecule has 1 aromatic heterocycles. The molecule has 6 nitrogen and oxygen atoms in total. The Morgan fingerprint density at radius 1 is 1.35 bits per heavy atom. The number of aromatic carboxylic acids is 1. The number of carbonyl (C=O) groups is 1. The molecule has 0 saturated carbocycles. The summed E-state index contributed by atoms with van der Waals surface area (Å²) in [5.41, 5.74) is 1.29. The lowest BCUT2D eigenvalue weighted by Gasteiger charge is -2.43. The quantitative estimate of drug-likeness (QED) is 0.915. The van der Waals surface area contributed by atoms with Crippen LogP contribution in [0, 0.1) is 0 Å². The van der Waals surface area contributed by atoms with Gasteiger partial charge in [-0.1, -0.05) is 35.5 Å². The Morgan fingerprint density at radius 2 is 2.05 bits per heavy atom. The lowest BCUT2D eigenvalue weighted by atomic mass is 10.0. The van der Waals surface area contributed by atoms with Crippen LogP contribution in [0.5, 0.6) is 0 Å². The summed E-state index contributed by atoms with van der Waals surface area (Å²) in [5, 5.41) is 16.4. The van der Waals surface area contributed by atoms with Crippen LogP contribution in [0.2, 0.25) is 0 Å². The van der Waals surface area contributed by atoms with Crippen molar-refractivity contribution in [2.75, 3.05) is 13.1 Å². The topological polar surface area (TPSA) is 71.2 Å². The van der Waals surface area contributed by atoms with Crippen molar-refractivity contribution in [2.24, 2.45) is 0 Å². The number of aromatic nitrogens is 3. The summed E-state index contributed by atoms with van der Waals surface area (Å²) in [6, 6.07) is 10.9. The molecule has 0 spiro atoms. The molecule has 3 rings (SSSR count). The number of benzene rings is 1. The third kappa shape index (κ3) is 2.30. The van der Waals surface area contributed by atoms with Gasteiger partial charge >= 0.3 is 5.97 Å². The van der Waals surface area contributed by atoms with Gasteiger partial charge in [-0.3, -0.25) is 4.90 Å². The van der Waals surface area contributed by atoms with E-state index >= 15 is 0 Å². The molecule has 0 amide bonds. The zero-order chi connectivity index (χ0) is 14.1. The predicted molar refractivity (Wildman–Crippen MR) is 72.4 cm³/mol. The number of carboxylic acid groups (broad SMARTS) is 1. The van der Waals surface area contributed by atoms with E-state index in [0.717, 1.165) is 13.1 Å². The van der Waals surface area contributed by atoms with Crippen molar-refractivity contribution in [1.82, 2.24) is 19.9 Å². The Hall–Kier alpha value is -2.21. The average Bonchev–Trinajstić information content (AvgIpc) is 2.87. The molecular formula is C14H16N4O2. The smallest absolute Gasteiger partial charge is 0.358 e. The maximum atomic E-state index is 10.8. The van der Waals surface area contributed by atoms with Crippen molar-refractivity contribution in [1.29, 1.82) is 0 Å². The van der Waals surface area contributed by atoms with Crippen molar-refractivity contribution in [3.63, 3.8) is 0 Å². The Morgan fingerprint density at radius 3 is 2.65 bits per heavy atom. The SMILES string of the molecule is CC(c1ccccc1)N1CC(n2cc(C(=O)O)nn2)C1. The highest BCUT2D eigenvalue weighted by Crippen LogP contribution is 2.30. The van der Waals surface area contributed by atoms with Gasteiger partial charge in [-0.2, -0.15) is 0 Å². The van der Waals surface area contributed by atoms with Crippen molar-refractivity contribution >= 4 is 5.97 Å². The molecule has 0 bridgehead atoms. The third-order valence-corrected chi connectivity index (χ3v) is 3.82. The largest absolute Gasteiger partial charge is 0.476 e. The number of hydrogen-bond acceptors (Lipinski definition) is 4. The molecule has 1 aromatic carbocycles. The standard InChI is InChI=1S/C14H16N4O2/c1-10(11-5-3-2-4-6-11)17-7-12(8-17)18-9-13(14(19)20)15-16-18/h2-6,9-10,12H,7-8H2,1H3,(H,19,20). The van der Waals surface area contributed by atoms with Gasteiger partial charge in [0.2, 0.25) is 0 Å². The van der Waals surface area contributed by atoms with E-state index in [2.05, 4.69) is 34.3 Å². The van der Waals surface area contributed by atoms with Crippen molar-refractivity contribution in [3.8, 4) is 0 Å². The highest BCUT2D eigenvalue weighted by atomic mass is 16.4. The van der Waals surface area contributed by atoms with Crippen molar-refractivity contribution in [3.05, 3.63) is 47.8 Å². The number of carboxylic acids is 1. The van der Waals surface area contributed by atoms with Gasteiger partial charge in [0, 0.05) is 19.1 Å². The molecule has 1 aliphatic rings. The van der Waals surface area contributed by atoms with E-state index in [-0.39, 0.29) is 11.7 Å². The van der Waals surface area contributed by atoms with Crippen LogP contribution in [0.15, 0.2) is 36.5 Å². The van der Waals surface area contributed by atoms with Crippen LogP contribution < -0.4 is 0 Å². The van der Waals surface area contributed by atoms with Crippen LogP contribution in [-0.2, 0) is 0 Å². The summed E-state index contributed by atoms with van der Waals surface area (Å²) in [7, 11) is 0. The maximum Gasteiger partial charge on any atom is 0.358 e. The second kappa shape index (κ2) is 5.05. The Kier molecular flexibility index (Phi) is 3.23. The molecule has 1 unspecified atom stereocenters. The van der Waals surface area contributed by atoms with Crippen LogP contribution in [0.1, 0.15) is 35.1 Å². The normalized spacial score (nSPS) is 17.6. The molecule has 2 aromatic rings. The van der Waals surface area contributed by atoms with Gasteiger partial charge in [-0.25, -0.2) is 9.48 Å². The van der Waals surface area contributed by atoms with Gasteiger partial charge in [0.1, 0.15) is 0 Å². The van der Waals surface area contributed by atoms with Gasteiger partial charge in [-0.15, -0.1) is 5.10 Å². The zero-order valence-electron chi connectivity index (χ0n) is 11.2. The van der Waals surface area contributed by atoms with E-state index in [1.807, 2.05) is 18.2 Å². The first-order chi connectivity index (χ1) is 9.65. The first kappa shape index (κ1) is 12.8. The molecule has 6 heteroatoms. The minimum Gasteiger partial charge on any atom is -0.476 e. The molecule has 20 heavy (non-hydrogen) atoms. The summed E-state index contributed by atoms with van der Waals surface area (Å²) >= 11 is 0. The molecule has 0 aliphatic carbocycles. The molecule has 1 fully saturated rings. The highest BCUT2D eigenvalue weighted by molar-refractivity contribution is 5.84. The summed E-state index contributed by atoms with van der Waals surface area (Å²) in [6.45, 7) is 3.90. The van der Waals surface area contributed by atoms with Crippen LogP contribution in [0.25, 0.3) is 0 Å². The Labute approximate surface area is 116 Å². The second-order valence-electron chi connectivity index (χ2n) is 5.08. The summed E-state index contributed by atoms with van der Waals surface area (Å²) in [4.78, 5) is 13.1. The van der Waals surface area contributed by atoms with E-state index in [0.29, 0.717) is 6.04 Å². The van der Waals surface area contributed by atoms with E-state index in [9.17, 15) is 4.79 Å². The van der Waals surface area contributed by atoms with Gasteiger partial charge in [0.25, 0.3) is 0 Å². The Bertz CT molecular complexity index is 605. The lowest BCUT2D eigenvalue weighted by Crippen LogP contribution is -2.48. The monoisotopic (exact) mass is 272 g/mol. The highest BCUT2D eigenvalue weighted by Gasteiger charge is 2.33. The zero-order valence-corrected chi connectivity index (χ0v) is 11.2.